The molecule has 0 atom stereocenters. The summed E-state index contributed by atoms with van der Waals surface area (Å²) in [7, 11) is 0. The Labute approximate surface area is 138 Å². The number of ketones is 2. The lowest BCUT2D eigenvalue weighted by atomic mass is 9.63. The molecule has 0 spiro atoms. The average Bonchev–Trinajstić information content (AvgIpc) is 2.96. The Morgan fingerprint density at radius 3 is 2.35 bits per heavy atom. The van der Waals surface area contributed by atoms with Crippen molar-refractivity contribution >= 4 is 11.6 Å². The fourth-order valence-electron chi connectivity index (χ4n) is 4.27. The standard InChI is InChI=1S/C19H27NO3/c1-18(2)15(21)14-13(11-10-12-8-6-5-7-9-12)20-23-16(14)19(3,4)17(18)22/h12H,5-11H2,1-4H3. The van der Waals surface area contributed by atoms with E-state index < -0.39 is 10.8 Å². The van der Waals surface area contributed by atoms with E-state index in [9.17, 15) is 9.59 Å². The molecule has 0 aromatic carbocycles. The van der Waals surface area contributed by atoms with Crippen molar-refractivity contribution in [2.45, 2.75) is 78.1 Å². The van der Waals surface area contributed by atoms with Crippen molar-refractivity contribution in [2.24, 2.45) is 11.3 Å². The van der Waals surface area contributed by atoms with Crippen LogP contribution in [0, 0.1) is 11.3 Å². The molecule has 2 aliphatic carbocycles. The van der Waals surface area contributed by atoms with Crippen molar-refractivity contribution in [1.29, 1.82) is 0 Å². The second-order valence-electron chi connectivity index (χ2n) is 8.28. The molecule has 1 aromatic heterocycles. The highest BCUT2D eigenvalue weighted by molar-refractivity contribution is 6.20. The Kier molecular flexibility index (Phi) is 3.97. The molecule has 1 aromatic rings. The zero-order valence-electron chi connectivity index (χ0n) is 14.7. The monoisotopic (exact) mass is 317 g/mol. The third-order valence-electron chi connectivity index (χ3n) is 5.77. The summed E-state index contributed by atoms with van der Waals surface area (Å²) >= 11 is 0. The summed E-state index contributed by atoms with van der Waals surface area (Å²) in [4.78, 5) is 25.5. The number of rotatable bonds is 3. The van der Waals surface area contributed by atoms with Gasteiger partial charge < -0.3 is 4.52 Å². The highest BCUT2D eigenvalue weighted by atomic mass is 16.5. The molecule has 0 saturated heterocycles. The molecule has 126 valence electrons. The van der Waals surface area contributed by atoms with Crippen molar-refractivity contribution in [3.05, 3.63) is 17.0 Å². The van der Waals surface area contributed by atoms with Crippen molar-refractivity contribution in [3.8, 4) is 0 Å². The minimum absolute atomic E-state index is 0.0857. The minimum Gasteiger partial charge on any atom is -0.359 e. The molecule has 0 amide bonds. The first-order valence-electron chi connectivity index (χ1n) is 8.85. The predicted molar refractivity (Wildman–Crippen MR) is 87.5 cm³/mol. The number of hydrogen-bond acceptors (Lipinski definition) is 4. The molecule has 1 heterocycles. The van der Waals surface area contributed by atoms with E-state index in [1.165, 1.54) is 32.1 Å². The number of carbonyl (C=O) groups is 2. The maximum Gasteiger partial charge on any atom is 0.181 e. The van der Waals surface area contributed by atoms with Gasteiger partial charge in [-0.25, -0.2) is 0 Å². The van der Waals surface area contributed by atoms with Crippen molar-refractivity contribution in [2.75, 3.05) is 0 Å². The Morgan fingerprint density at radius 1 is 1.04 bits per heavy atom. The quantitative estimate of drug-likeness (QED) is 0.782. The van der Waals surface area contributed by atoms with Gasteiger partial charge in [-0.15, -0.1) is 0 Å². The Hall–Kier alpha value is -1.45. The molecule has 4 heteroatoms. The molecule has 0 unspecified atom stereocenters. The molecule has 3 rings (SSSR count). The Bertz CT molecular complexity index is 633. The second-order valence-corrected chi connectivity index (χ2v) is 8.28. The number of hydrogen-bond donors (Lipinski definition) is 0. The molecule has 0 N–H and O–H groups in total. The van der Waals surface area contributed by atoms with E-state index in [4.69, 9.17) is 4.52 Å². The fourth-order valence-corrected chi connectivity index (χ4v) is 4.27. The SMILES string of the molecule is CC1(C)C(=O)c2c(CCC3CCCCC3)noc2C(C)(C)C1=O. The van der Waals surface area contributed by atoms with Gasteiger partial charge >= 0.3 is 0 Å². The molecule has 1 saturated carbocycles. The molecular formula is C19H27NO3. The van der Waals surface area contributed by atoms with E-state index in [2.05, 4.69) is 5.16 Å². The van der Waals surface area contributed by atoms with Gasteiger partial charge in [0.1, 0.15) is 0 Å². The van der Waals surface area contributed by atoms with Gasteiger partial charge in [0.05, 0.1) is 22.1 Å². The smallest absolute Gasteiger partial charge is 0.181 e. The van der Waals surface area contributed by atoms with Gasteiger partial charge in [0.25, 0.3) is 0 Å². The molecule has 0 aliphatic heterocycles. The number of aromatic nitrogens is 1. The van der Waals surface area contributed by atoms with E-state index in [0.29, 0.717) is 11.3 Å². The number of fused-ring (bicyclic) bond motifs is 1. The normalized spacial score (nSPS) is 23.8. The van der Waals surface area contributed by atoms with Crippen LogP contribution in [0.25, 0.3) is 0 Å². The van der Waals surface area contributed by atoms with E-state index in [1.807, 2.05) is 13.8 Å². The van der Waals surface area contributed by atoms with Gasteiger partial charge in [-0.2, -0.15) is 0 Å². The molecule has 4 nitrogen and oxygen atoms in total. The van der Waals surface area contributed by atoms with Gasteiger partial charge in [-0.3, -0.25) is 9.59 Å². The van der Waals surface area contributed by atoms with Crippen LogP contribution in [0.2, 0.25) is 0 Å². The highest BCUT2D eigenvalue weighted by Gasteiger charge is 2.54. The summed E-state index contributed by atoms with van der Waals surface area (Å²) in [5, 5.41) is 4.18. The van der Waals surface area contributed by atoms with E-state index in [1.54, 1.807) is 13.8 Å². The molecule has 0 radical (unpaired) electrons. The summed E-state index contributed by atoms with van der Waals surface area (Å²) < 4.78 is 5.48. The zero-order valence-corrected chi connectivity index (χ0v) is 14.7. The van der Waals surface area contributed by atoms with Gasteiger partial charge in [0.2, 0.25) is 0 Å². The topological polar surface area (TPSA) is 60.2 Å². The zero-order chi connectivity index (χ0) is 16.8. The lowest BCUT2D eigenvalue weighted by Gasteiger charge is -2.35. The lowest BCUT2D eigenvalue weighted by Crippen LogP contribution is -2.49. The molecule has 1 fully saturated rings. The third-order valence-corrected chi connectivity index (χ3v) is 5.77. The summed E-state index contributed by atoms with van der Waals surface area (Å²) in [6, 6.07) is 0. The van der Waals surface area contributed by atoms with Crippen LogP contribution in [-0.4, -0.2) is 16.7 Å². The number of carbonyl (C=O) groups excluding carboxylic acids is 2. The van der Waals surface area contributed by atoms with Crippen LogP contribution in [0.4, 0.5) is 0 Å². The lowest BCUT2D eigenvalue weighted by molar-refractivity contribution is -0.131. The molecular weight excluding hydrogens is 290 g/mol. The van der Waals surface area contributed by atoms with Crippen molar-refractivity contribution in [3.63, 3.8) is 0 Å². The van der Waals surface area contributed by atoms with E-state index >= 15 is 0 Å². The summed E-state index contributed by atoms with van der Waals surface area (Å²) in [6.07, 6.45) is 8.37. The maximum absolute atomic E-state index is 12.8. The fraction of sp³-hybridized carbons (Fsp3) is 0.737. The maximum atomic E-state index is 12.8. The van der Waals surface area contributed by atoms with Crippen molar-refractivity contribution < 1.29 is 14.1 Å². The third kappa shape index (κ3) is 2.56. The largest absolute Gasteiger partial charge is 0.359 e. The van der Waals surface area contributed by atoms with Crippen LogP contribution < -0.4 is 0 Å². The van der Waals surface area contributed by atoms with Gasteiger partial charge in [-0.05, 0) is 46.5 Å². The first-order valence-corrected chi connectivity index (χ1v) is 8.85. The van der Waals surface area contributed by atoms with Gasteiger partial charge in [-0.1, -0.05) is 37.3 Å². The summed E-state index contributed by atoms with van der Waals surface area (Å²) in [6.45, 7) is 7.11. The average molecular weight is 317 g/mol. The van der Waals surface area contributed by atoms with Crippen LogP contribution in [0.5, 0.6) is 0 Å². The number of nitrogens with zero attached hydrogens (tertiary/aromatic N) is 1. The summed E-state index contributed by atoms with van der Waals surface area (Å²) in [5.41, 5.74) is -0.454. The second kappa shape index (κ2) is 5.57. The number of Topliss-reactive ketones (excluding diaryl/α,β-unsaturated/α-hetero) is 2. The number of aryl methyl sites for hydroxylation is 1. The minimum atomic E-state index is -0.998. The van der Waals surface area contributed by atoms with Gasteiger partial charge in [0.15, 0.2) is 17.3 Å². The van der Waals surface area contributed by atoms with E-state index in [0.717, 1.165) is 24.5 Å². The molecule has 0 bridgehead atoms. The van der Waals surface area contributed by atoms with E-state index in [-0.39, 0.29) is 11.6 Å². The van der Waals surface area contributed by atoms with Crippen LogP contribution >= 0.6 is 0 Å². The highest BCUT2D eigenvalue weighted by Crippen LogP contribution is 2.44. The first kappa shape index (κ1) is 16.4. The van der Waals surface area contributed by atoms with Crippen LogP contribution in [0.15, 0.2) is 4.52 Å². The first-order chi connectivity index (χ1) is 10.8. The summed E-state index contributed by atoms with van der Waals surface area (Å²) in [5.74, 6) is 0.983. The van der Waals surface area contributed by atoms with Crippen LogP contribution in [0.1, 0.15) is 88.0 Å². The Morgan fingerprint density at radius 2 is 1.70 bits per heavy atom. The Balaban J connectivity index is 1.88. The van der Waals surface area contributed by atoms with Crippen LogP contribution in [-0.2, 0) is 16.6 Å². The predicted octanol–water partition coefficient (Wildman–Crippen LogP) is 4.26. The van der Waals surface area contributed by atoms with Gasteiger partial charge in [0, 0.05) is 0 Å². The van der Waals surface area contributed by atoms with Crippen LogP contribution in [0.3, 0.4) is 0 Å². The van der Waals surface area contributed by atoms with Crippen molar-refractivity contribution in [1.82, 2.24) is 5.16 Å². The molecule has 23 heavy (non-hydrogen) atoms. The molecule has 2 aliphatic rings.